The van der Waals surface area contributed by atoms with Crippen molar-refractivity contribution in [1.29, 1.82) is 0 Å². The summed E-state index contributed by atoms with van der Waals surface area (Å²) in [6, 6.07) is 3.59. The Balaban J connectivity index is 2.31. The Bertz CT molecular complexity index is 755. The van der Waals surface area contributed by atoms with Crippen molar-refractivity contribution in [3.8, 4) is 0 Å². The van der Waals surface area contributed by atoms with Gasteiger partial charge in [0.1, 0.15) is 4.90 Å². The van der Waals surface area contributed by atoms with Crippen LogP contribution in [0.2, 0.25) is 5.02 Å². The molecule has 2 rings (SSSR count). The smallest absolute Gasteiger partial charge is 0.242 e. The number of hydrogen-bond acceptors (Lipinski definition) is 5. The second-order valence-corrected chi connectivity index (χ2v) is 9.56. The average molecular weight is 353 g/mol. The first-order chi connectivity index (χ1) is 9.54. The van der Waals surface area contributed by atoms with Gasteiger partial charge in [0.2, 0.25) is 10.0 Å². The van der Waals surface area contributed by atoms with Gasteiger partial charge in [-0.25, -0.2) is 21.6 Å². The van der Waals surface area contributed by atoms with E-state index in [0.29, 0.717) is 0 Å². The number of sulfone groups is 1. The van der Waals surface area contributed by atoms with Crippen molar-refractivity contribution < 1.29 is 16.8 Å². The van der Waals surface area contributed by atoms with Gasteiger partial charge in [-0.15, -0.1) is 0 Å². The van der Waals surface area contributed by atoms with E-state index >= 15 is 0 Å². The number of nitrogens with one attached hydrogen (secondary N) is 1. The van der Waals surface area contributed by atoms with E-state index in [0.717, 1.165) is 31.6 Å². The minimum absolute atomic E-state index is 0.0328. The summed E-state index contributed by atoms with van der Waals surface area (Å²) < 4.78 is 50.0. The largest absolute Gasteiger partial charge is 0.324 e. The Labute approximate surface area is 129 Å². The van der Waals surface area contributed by atoms with Crippen LogP contribution in [-0.2, 0) is 19.9 Å². The number of nitrogens with two attached hydrogens (primary N) is 1. The van der Waals surface area contributed by atoms with Crippen molar-refractivity contribution >= 4 is 31.5 Å². The van der Waals surface area contributed by atoms with E-state index in [9.17, 15) is 16.8 Å². The van der Waals surface area contributed by atoms with Gasteiger partial charge in [-0.1, -0.05) is 11.6 Å². The van der Waals surface area contributed by atoms with Crippen molar-refractivity contribution in [2.45, 2.75) is 34.6 Å². The highest BCUT2D eigenvalue weighted by Crippen LogP contribution is 2.29. The average Bonchev–Trinajstić information content (AvgIpc) is 2.33. The molecule has 1 aromatic rings. The standard InChI is InChI=1S/C12H17ClN2O4S2/c1-20(16,17)9-3-4-10(13)11(7-9)21(18,19)15-8-12(14)5-2-6-12/h3-4,7,15H,2,5-6,8,14H2,1H3. The third kappa shape index (κ3) is 3.75. The molecule has 0 unspecified atom stereocenters. The van der Waals surface area contributed by atoms with Gasteiger partial charge in [0.15, 0.2) is 9.84 Å². The van der Waals surface area contributed by atoms with E-state index in [-0.39, 0.29) is 21.4 Å². The van der Waals surface area contributed by atoms with Crippen molar-refractivity contribution in [3.63, 3.8) is 0 Å². The maximum Gasteiger partial charge on any atom is 0.242 e. The van der Waals surface area contributed by atoms with Crippen LogP contribution in [-0.4, -0.2) is 35.2 Å². The molecule has 0 saturated heterocycles. The lowest BCUT2D eigenvalue weighted by Gasteiger charge is -2.38. The Hall–Kier alpha value is -0.670. The van der Waals surface area contributed by atoms with Crippen molar-refractivity contribution in [1.82, 2.24) is 4.72 Å². The second-order valence-electron chi connectivity index (χ2n) is 5.40. The number of sulfonamides is 1. The molecular weight excluding hydrogens is 336 g/mol. The topological polar surface area (TPSA) is 106 Å². The quantitative estimate of drug-likeness (QED) is 0.819. The van der Waals surface area contributed by atoms with Crippen LogP contribution in [0.5, 0.6) is 0 Å². The maximum atomic E-state index is 12.3. The molecule has 0 aliphatic heterocycles. The predicted molar refractivity (Wildman–Crippen MR) is 80.5 cm³/mol. The fourth-order valence-corrected chi connectivity index (χ4v) is 4.43. The van der Waals surface area contributed by atoms with E-state index in [2.05, 4.69) is 4.72 Å². The van der Waals surface area contributed by atoms with Crippen molar-refractivity contribution in [2.24, 2.45) is 5.73 Å². The van der Waals surface area contributed by atoms with Gasteiger partial charge >= 0.3 is 0 Å². The second kappa shape index (κ2) is 5.51. The molecule has 6 nitrogen and oxygen atoms in total. The molecule has 0 heterocycles. The molecule has 21 heavy (non-hydrogen) atoms. The third-order valence-corrected chi connectivity index (χ3v) is 6.58. The Kier molecular flexibility index (Phi) is 4.38. The van der Waals surface area contributed by atoms with Crippen LogP contribution in [0.1, 0.15) is 19.3 Å². The van der Waals surface area contributed by atoms with E-state index in [1.54, 1.807) is 0 Å². The van der Waals surface area contributed by atoms with Crippen LogP contribution in [0.3, 0.4) is 0 Å². The van der Waals surface area contributed by atoms with Crippen LogP contribution in [0.25, 0.3) is 0 Å². The number of hydrogen-bond donors (Lipinski definition) is 2. The summed E-state index contributed by atoms with van der Waals surface area (Å²) in [5.74, 6) is 0. The van der Waals surface area contributed by atoms with Gasteiger partial charge in [0.05, 0.1) is 9.92 Å². The van der Waals surface area contributed by atoms with Gasteiger partial charge in [0, 0.05) is 18.3 Å². The Morgan fingerprint density at radius 1 is 1.29 bits per heavy atom. The number of rotatable bonds is 5. The summed E-state index contributed by atoms with van der Waals surface area (Å²) >= 11 is 5.88. The summed E-state index contributed by atoms with van der Waals surface area (Å²) in [5.41, 5.74) is 5.45. The normalized spacial score (nSPS) is 18.2. The fourth-order valence-electron chi connectivity index (χ4n) is 2.04. The lowest BCUT2D eigenvalue weighted by molar-refractivity contribution is 0.251. The summed E-state index contributed by atoms with van der Waals surface area (Å²) in [6.07, 6.45) is 3.49. The SMILES string of the molecule is CS(=O)(=O)c1ccc(Cl)c(S(=O)(=O)NCC2(N)CCC2)c1. The number of benzene rings is 1. The van der Waals surface area contributed by atoms with Crippen molar-refractivity contribution in [2.75, 3.05) is 12.8 Å². The lowest BCUT2D eigenvalue weighted by Crippen LogP contribution is -2.54. The molecule has 0 atom stereocenters. The monoisotopic (exact) mass is 352 g/mol. The maximum absolute atomic E-state index is 12.3. The van der Waals surface area contributed by atoms with Gasteiger partial charge in [-0.2, -0.15) is 0 Å². The van der Waals surface area contributed by atoms with Crippen LogP contribution in [0, 0.1) is 0 Å². The van der Waals surface area contributed by atoms with E-state index < -0.39 is 25.4 Å². The number of halogens is 1. The molecule has 0 spiro atoms. The first kappa shape index (κ1) is 16.7. The van der Waals surface area contributed by atoms with Crippen LogP contribution >= 0.6 is 11.6 Å². The summed E-state index contributed by atoms with van der Waals surface area (Å²) in [4.78, 5) is -0.353. The van der Waals surface area contributed by atoms with Gasteiger partial charge in [-0.05, 0) is 37.5 Å². The molecule has 0 aromatic heterocycles. The lowest BCUT2D eigenvalue weighted by atomic mass is 9.78. The summed E-state index contributed by atoms with van der Waals surface area (Å²) in [5, 5.41) is -0.0328. The van der Waals surface area contributed by atoms with Crippen LogP contribution in [0.4, 0.5) is 0 Å². The zero-order valence-electron chi connectivity index (χ0n) is 11.5. The highest BCUT2D eigenvalue weighted by molar-refractivity contribution is 7.91. The summed E-state index contributed by atoms with van der Waals surface area (Å²) in [6.45, 7) is 0.106. The molecule has 9 heteroatoms. The minimum Gasteiger partial charge on any atom is -0.324 e. The first-order valence-electron chi connectivity index (χ1n) is 6.32. The van der Waals surface area contributed by atoms with Crippen LogP contribution in [0.15, 0.2) is 28.0 Å². The molecule has 3 N–H and O–H groups in total. The fraction of sp³-hybridized carbons (Fsp3) is 0.500. The molecular formula is C12H17ClN2O4S2. The molecule has 0 radical (unpaired) electrons. The Morgan fingerprint density at radius 3 is 2.38 bits per heavy atom. The first-order valence-corrected chi connectivity index (χ1v) is 10.1. The molecule has 118 valence electrons. The molecule has 0 amide bonds. The summed E-state index contributed by atoms with van der Waals surface area (Å²) in [7, 11) is -7.42. The highest BCUT2D eigenvalue weighted by atomic mass is 35.5. The predicted octanol–water partition coefficient (Wildman–Crippen LogP) is 0.903. The van der Waals surface area contributed by atoms with E-state index in [1.807, 2.05) is 0 Å². The van der Waals surface area contributed by atoms with Gasteiger partial charge < -0.3 is 5.73 Å². The zero-order chi connectivity index (χ0) is 15.9. The molecule has 0 bridgehead atoms. The zero-order valence-corrected chi connectivity index (χ0v) is 13.9. The van der Waals surface area contributed by atoms with Gasteiger partial charge in [-0.3, -0.25) is 0 Å². The molecule has 1 aliphatic rings. The molecule has 1 saturated carbocycles. The van der Waals surface area contributed by atoms with Gasteiger partial charge in [0.25, 0.3) is 0 Å². The Morgan fingerprint density at radius 2 is 1.90 bits per heavy atom. The van der Waals surface area contributed by atoms with E-state index in [4.69, 9.17) is 17.3 Å². The van der Waals surface area contributed by atoms with Crippen LogP contribution < -0.4 is 10.5 Å². The molecule has 1 aliphatic carbocycles. The highest BCUT2D eigenvalue weighted by Gasteiger charge is 2.34. The molecule has 1 fully saturated rings. The molecule has 1 aromatic carbocycles. The van der Waals surface area contributed by atoms with E-state index in [1.165, 1.54) is 12.1 Å². The minimum atomic E-state index is -3.91. The van der Waals surface area contributed by atoms with Crippen molar-refractivity contribution in [3.05, 3.63) is 23.2 Å². The third-order valence-electron chi connectivity index (χ3n) is 3.58.